The number of unbranched alkanes of at least 4 members (excludes halogenated alkanes) is 1. The lowest BCUT2D eigenvalue weighted by Gasteiger charge is -2.16. The Morgan fingerprint density at radius 1 is 0.750 bits per heavy atom. The molecule has 3 rings (SSSR count). The number of aromatic hydroxyl groups is 1. The van der Waals surface area contributed by atoms with Gasteiger partial charge in [-0.2, -0.15) is 0 Å². The Morgan fingerprint density at radius 3 is 1.98 bits per heavy atom. The van der Waals surface area contributed by atoms with E-state index < -0.39 is 23.5 Å². The van der Waals surface area contributed by atoms with Crippen LogP contribution in [-0.4, -0.2) is 47.1 Å². The maximum absolute atomic E-state index is 13.4. The molecule has 3 aromatic rings. The number of aryl methyl sites for hydroxylation is 1. The average Bonchev–Trinajstić information content (AvgIpc) is 2.93. The molecule has 8 nitrogen and oxygen atoms in total. The molecule has 9 heteroatoms. The summed E-state index contributed by atoms with van der Waals surface area (Å²) in [6.07, 6.45) is 2.60. The molecular formula is C31H35FO8. The second-order valence-electron chi connectivity index (χ2n) is 9.22. The molecule has 0 fully saturated rings. The fraction of sp³-hybridized carbons (Fsp3) is 0.355. The smallest absolute Gasteiger partial charge is 0.303 e. The highest BCUT2D eigenvalue weighted by molar-refractivity contribution is 5.68. The molecule has 0 aromatic heterocycles. The molecule has 0 radical (unpaired) electrons. The summed E-state index contributed by atoms with van der Waals surface area (Å²) < 4.78 is 31.2. The van der Waals surface area contributed by atoms with Crippen molar-refractivity contribution in [3.63, 3.8) is 0 Å². The van der Waals surface area contributed by atoms with Gasteiger partial charge in [0.25, 0.3) is 0 Å². The lowest BCUT2D eigenvalue weighted by molar-refractivity contribution is -0.138. The zero-order valence-corrected chi connectivity index (χ0v) is 22.5. The Balaban J connectivity index is 1.56. The van der Waals surface area contributed by atoms with Crippen LogP contribution in [0.1, 0.15) is 50.2 Å². The van der Waals surface area contributed by atoms with E-state index in [4.69, 9.17) is 19.3 Å². The van der Waals surface area contributed by atoms with Crippen LogP contribution < -0.4 is 14.2 Å². The van der Waals surface area contributed by atoms with Crippen LogP contribution in [0.4, 0.5) is 4.39 Å². The van der Waals surface area contributed by atoms with E-state index in [2.05, 4.69) is 0 Å². The van der Waals surface area contributed by atoms with Crippen molar-refractivity contribution >= 4 is 11.9 Å². The Hall–Kier alpha value is -4.27. The third-order valence-corrected chi connectivity index (χ3v) is 6.25. The summed E-state index contributed by atoms with van der Waals surface area (Å²) >= 11 is 0. The van der Waals surface area contributed by atoms with Gasteiger partial charge in [0.2, 0.25) is 0 Å². The molecule has 0 spiro atoms. The van der Waals surface area contributed by atoms with E-state index in [9.17, 15) is 24.2 Å². The minimum Gasteiger partial charge on any atom is -0.505 e. The van der Waals surface area contributed by atoms with Gasteiger partial charge in [-0.15, -0.1) is 0 Å². The number of carbonyl (C=O) groups is 2. The van der Waals surface area contributed by atoms with E-state index in [-0.39, 0.29) is 19.3 Å². The maximum Gasteiger partial charge on any atom is 0.303 e. The number of hydrogen-bond acceptors (Lipinski definition) is 6. The van der Waals surface area contributed by atoms with Crippen molar-refractivity contribution in [3.05, 3.63) is 71.5 Å². The van der Waals surface area contributed by atoms with Crippen molar-refractivity contribution in [1.82, 2.24) is 0 Å². The Labute approximate surface area is 233 Å². The fourth-order valence-corrected chi connectivity index (χ4v) is 4.15. The quantitative estimate of drug-likeness (QED) is 0.167. The van der Waals surface area contributed by atoms with Gasteiger partial charge >= 0.3 is 11.9 Å². The Bertz CT molecular complexity index is 1290. The second kappa shape index (κ2) is 15.4. The average molecular weight is 555 g/mol. The minimum atomic E-state index is -0.926. The largest absolute Gasteiger partial charge is 0.505 e. The van der Waals surface area contributed by atoms with E-state index >= 15 is 0 Å². The van der Waals surface area contributed by atoms with E-state index in [1.165, 1.54) is 12.1 Å². The molecule has 0 aliphatic rings. The minimum absolute atomic E-state index is 0.0726. The number of carboxylic acids is 2. The zero-order chi connectivity index (χ0) is 28.9. The van der Waals surface area contributed by atoms with E-state index in [1.807, 2.05) is 25.1 Å². The van der Waals surface area contributed by atoms with Crippen molar-refractivity contribution in [1.29, 1.82) is 0 Å². The second-order valence-corrected chi connectivity index (χ2v) is 9.22. The summed E-state index contributed by atoms with van der Waals surface area (Å²) in [7, 11) is 0. The highest BCUT2D eigenvalue weighted by Gasteiger charge is 2.14. The summed E-state index contributed by atoms with van der Waals surface area (Å²) in [4.78, 5) is 21.9. The van der Waals surface area contributed by atoms with Gasteiger partial charge < -0.3 is 29.5 Å². The molecule has 0 saturated carbocycles. The molecule has 40 heavy (non-hydrogen) atoms. The molecule has 0 atom stereocenters. The first-order chi connectivity index (χ1) is 19.3. The number of halogens is 1. The molecule has 0 heterocycles. The van der Waals surface area contributed by atoms with Gasteiger partial charge in [-0.05, 0) is 78.8 Å². The molecule has 0 saturated heterocycles. The first kappa shape index (κ1) is 30.3. The van der Waals surface area contributed by atoms with Crippen LogP contribution in [0.2, 0.25) is 0 Å². The summed E-state index contributed by atoms with van der Waals surface area (Å²) in [5.41, 5.74) is 3.20. The van der Waals surface area contributed by atoms with E-state index in [1.54, 1.807) is 24.3 Å². The maximum atomic E-state index is 13.4. The first-order valence-corrected chi connectivity index (χ1v) is 13.3. The third-order valence-electron chi connectivity index (χ3n) is 6.25. The fourth-order valence-electron chi connectivity index (χ4n) is 4.15. The molecule has 0 unspecified atom stereocenters. The molecule has 0 aliphatic carbocycles. The van der Waals surface area contributed by atoms with Gasteiger partial charge in [0.1, 0.15) is 17.2 Å². The van der Waals surface area contributed by atoms with Gasteiger partial charge in [0, 0.05) is 24.8 Å². The number of benzene rings is 3. The molecule has 0 amide bonds. The van der Waals surface area contributed by atoms with Crippen LogP contribution in [0.3, 0.4) is 0 Å². The number of hydrogen-bond donors (Lipinski definition) is 3. The molecule has 0 bridgehead atoms. The molecule has 3 N–H and O–H groups in total. The van der Waals surface area contributed by atoms with Crippen LogP contribution in [0, 0.1) is 5.82 Å². The van der Waals surface area contributed by atoms with Crippen LogP contribution in [0.25, 0.3) is 11.1 Å². The predicted molar refractivity (Wildman–Crippen MR) is 148 cm³/mol. The predicted octanol–water partition coefficient (Wildman–Crippen LogP) is 6.26. The number of carboxylic acid groups (broad SMARTS) is 2. The van der Waals surface area contributed by atoms with Crippen molar-refractivity contribution in [2.45, 2.75) is 51.9 Å². The topological polar surface area (TPSA) is 123 Å². The summed E-state index contributed by atoms with van der Waals surface area (Å²) in [6, 6.07) is 15.2. The number of phenols is 1. The molecule has 214 valence electrons. The lowest BCUT2D eigenvalue weighted by Crippen LogP contribution is -2.09. The normalized spacial score (nSPS) is 10.8. The number of rotatable bonds is 17. The zero-order valence-electron chi connectivity index (χ0n) is 22.5. The first-order valence-electron chi connectivity index (χ1n) is 13.3. The van der Waals surface area contributed by atoms with Crippen LogP contribution >= 0.6 is 0 Å². The highest BCUT2D eigenvalue weighted by atomic mass is 19.1. The van der Waals surface area contributed by atoms with E-state index in [0.717, 1.165) is 23.3 Å². The van der Waals surface area contributed by atoms with Crippen molar-refractivity contribution < 1.29 is 43.5 Å². The van der Waals surface area contributed by atoms with Gasteiger partial charge in [0.15, 0.2) is 11.6 Å². The van der Waals surface area contributed by atoms with Gasteiger partial charge in [-0.25, -0.2) is 4.39 Å². The lowest BCUT2D eigenvalue weighted by atomic mass is 10.0. The summed E-state index contributed by atoms with van der Waals surface area (Å²) in [6.45, 7) is 3.08. The van der Waals surface area contributed by atoms with Crippen LogP contribution in [0.5, 0.6) is 23.0 Å². The van der Waals surface area contributed by atoms with Crippen LogP contribution in [0.15, 0.2) is 54.6 Å². The van der Waals surface area contributed by atoms with Gasteiger partial charge in [0.05, 0.1) is 19.8 Å². The highest BCUT2D eigenvalue weighted by Crippen LogP contribution is 2.32. The molecular weight excluding hydrogens is 519 g/mol. The number of aliphatic carboxylic acids is 2. The van der Waals surface area contributed by atoms with Crippen LogP contribution in [-0.2, 0) is 22.4 Å². The number of phenolic OH excluding ortho intramolecular Hbond substituents is 1. The van der Waals surface area contributed by atoms with Crippen molar-refractivity contribution in [2.24, 2.45) is 0 Å². The van der Waals surface area contributed by atoms with Gasteiger partial charge in [-0.3, -0.25) is 9.59 Å². The standard InChI is InChI=1S/C31H35FO8/c1-2-21-19-22(23-10-13-25(32)26(33)20-23)11-14-27(21)38-17-6-18-40-29-8-5-7-28(24(29)12-15-31(36)37)39-16-4-3-9-30(34)35/h5,7-8,10-11,13-14,19-20,33H,2-4,6,9,12,15-18H2,1H3,(H,34,35)(H,36,37). The van der Waals surface area contributed by atoms with Crippen molar-refractivity contribution in [3.8, 4) is 34.1 Å². The Morgan fingerprint density at radius 2 is 1.35 bits per heavy atom. The SMILES string of the molecule is CCc1cc(-c2ccc(F)c(O)c2)ccc1OCCCOc1cccc(OCCCCC(=O)O)c1CCC(=O)O. The van der Waals surface area contributed by atoms with Crippen molar-refractivity contribution in [2.75, 3.05) is 19.8 Å². The summed E-state index contributed by atoms with van der Waals surface area (Å²) in [5.74, 6) is -1.02. The van der Waals surface area contributed by atoms with E-state index in [0.29, 0.717) is 61.7 Å². The van der Waals surface area contributed by atoms with Gasteiger partial charge in [-0.1, -0.05) is 25.1 Å². The molecule has 3 aromatic carbocycles. The summed E-state index contributed by atoms with van der Waals surface area (Å²) in [5, 5.41) is 27.6. The number of ether oxygens (including phenoxy) is 3. The Kier molecular flexibility index (Phi) is 11.6. The molecule has 0 aliphatic heterocycles. The monoisotopic (exact) mass is 554 g/mol. The third kappa shape index (κ3) is 9.18.